The fourth-order valence-electron chi connectivity index (χ4n) is 4.18. The summed E-state index contributed by atoms with van der Waals surface area (Å²) >= 11 is 0. The predicted molar refractivity (Wildman–Crippen MR) is 127 cm³/mol. The Hall–Kier alpha value is -2.98. The van der Waals surface area contributed by atoms with Crippen molar-refractivity contribution >= 4 is 29.4 Å². The maximum Gasteiger partial charge on any atom is 0.308 e. The Bertz CT molecular complexity index is 970. The molecule has 3 unspecified atom stereocenters. The van der Waals surface area contributed by atoms with E-state index < -0.39 is 29.2 Å². The van der Waals surface area contributed by atoms with Crippen molar-refractivity contribution in [2.24, 2.45) is 0 Å². The number of esters is 1. The number of carbonyl (C=O) groups is 4. The molecule has 1 aromatic rings. The van der Waals surface area contributed by atoms with Gasteiger partial charge in [0.25, 0.3) is 5.91 Å². The van der Waals surface area contributed by atoms with Crippen LogP contribution in [-0.2, 0) is 28.6 Å². The molecular formula is C25H35N3O7. The van der Waals surface area contributed by atoms with Gasteiger partial charge in [-0.05, 0) is 53.2 Å². The van der Waals surface area contributed by atoms with Crippen molar-refractivity contribution in [3.63, 3.8) is 0 Å². The van der Waals surface area contributed by atoms with Crippen LogP contribution in [-0.4, -0.2) is 59.9 Å². The van der Waals surface area contributed by atoms with Gasteiger partial charge in [-0.15, -0.1) is 0 Å². The summed E-state index contributed by atoms with van der Waals surface area (Å²) in [5, 5.41) is 8.08. The molecule has 35 heavy (non-hydrogen) atoms. The normalized spacial score (nSPS) is 23.9. The fraction of sp³-hybridized carbons (Fsp3) is 0.600. The predicted octanol–water partition coefficient (Wildman–Crippen LogP) is 2.28. The number of fused-ring (bicyclic) bond motifs is 1. The number of amides is 3. The summed E-state index contributed by atoms with van der Waals surface area (Å²) in [5.41, 5.74) is 0.194. The molecule has 3 amide bonds. The molecule has 2 aliphatic rings. The van der Waals surface area contributed by atoms with Crippen molar-refractivity contribution in [3.8, 4) is 0 Å². The fourth-order valence-corrected chi connectivity index (χ4v) is 4.18. The van der Waals surface area contributed by atoms with Gasteiger partial charge in [0, 0.05) is 13.0 Å². The number of nitrogens with one attached hydrogen (secondary N) is 3. The maximum atomic E-state index is 12.5. The van der Waals surface area contributed by atoms with Crippen molar-refractivity contribution in [3.05, 3.63) is 29.8 Å². The van der Waals surface area contributed by atoms with Gasteiger partial charge in [-0.1, -0.05) is 12.1 Å². The number of hydrogen-bond donors (Lipinski definition) is 3. The number of hydrogen-bond acceptors (Lipinski definition) is 7. The van der Waals surface area contributed by atoms with Crippen LogP contribution in [0.15, 0.2) is 24.3 Å². The third-order valence-electron chi connectivity index (χ3n) is 5.47. The van der Waals surface area contributed by atoms with Gasteiger partial charge in [0.1, 0.15) is 11.6 Å². The second-order valence-corrected chi connectivity index (χ2v) is 10.3. The molecule has 0 spiro atoms. The van der Waals surface area contributed by atoms with Crippen molar-refractivity contribution in [1.82, 2.24) is 10.6 Å². The lowest BCUT2D eigenvalue weighted by Crippen LogP contribution is -2.47. The van der Waals surface area contributed by atoms with Crippen LogP contribution < -0.4 is 16.0 Å². The van der Waals surface area contributed by atoms with E-state index in [2.05, 4.69) is 16.0 Å². The van der Waals surface area contributed by atoms with E-state index in [4.69, 9.17) is 14.2 Å². The van der Waals surface area contributed by atoms with Crippen LogP contribution in [0.5, 0.6) is 0 Å². The van der Waals surface area contributed by atoms with Gasteiger partial charge in [-0.25, -0.2) is 0 Å². The van der Waals surface area contributed by atoms with Crippen LogP contribution in [0.4, 0.5) is 5.69 Å². The monoisotopic (exact) mass is 489 g/mol. The molecule has 0 aromatic heterocycles. The lowest BCUT2D eigenvalue weighted by molar-refractivity contribution is -0.300. The molecule has 1 aromatic carbocycles. The van der Waals surface area contributed by atoms with Crippen LogP contribution in [0.25, 0.3) is 0 Å². The number of rotatable bonds is 7. The first-order chi connectivity index (χ1) is 16.3. The lowest BCUT2D eigenvalue weighted by atomic mass is 10.0. The van der Waals surface area contributed by atoms with Gasteiger partial charge >= 0.3 is 5.97 Å². The minimum absolute atomic E-state index is 0.117. The van der Waals surface area contributed by atoms with E-state index in [9.17, 15) is 19.2 Å². The molecule has 1 fully saturated rings. The first-order valence-corrected chi connectivity index (χ1v) is 11.9. The number of para-hydroxylation sites is 1. The number of carbonyl (C=O) groups excluding carboxylic acids is 4. The van der Waals surface area contributed by atoms with E-state index in [1.807, 2.05) is 20.8 Å². The third kappa shape index (κ3) is 8.03. The number of anilines is 1. The van der Waals surface area contributed by atoms with Crippen LogP contribution in [0.2, 0.25) is 0 Å². The van der Waals surface area contributed by atoms with E-state index in [0.717, 1.165) is 0 Å². The average Bonchev–Trinajstić information content (AvgIpc) is 2.81. The molecule has 10 nitrogen and oxygen atoms in total. The van der Waals surface area contributed by atoms with Crippen molar-refractivity contribution in [2.45, 2.75) is 89.9 Å². The zero-order valence-corrected chi connectivity index (χ0v) is 20.9. The summed E-state index contributed by atoms with van der Waals surface area (Å²) in [7, 11) is 0. The largest absolute Gasteiger partial charge is 0.460 e. The van der Waals surface area contributed by atoms with Crippen molar-refractivity contribution in [2.75, 3.05) is 11.9 Å². The van der Waals surface area contributed by atoms with Crippen LogP contribution in [0.1, 0.15) is 70.7 Å². The van der Waals surface area contributed by atoms with Crippen LogP contribution in [0, 0.1) is 0 Å². The molecule has 3 atom stereocenters. The lowest BCUT2D eigenvalue weighted by Gasteiger charge is -2.40. The molecule has 3 N–H and O–H groups in total. The molecule has 10 heteroatoms. The van der Waals surface area contributed by atoms with E-state index in [0.29, 0.717) is 30.6 Å². The highest BCUT2D eigenvalue weighted by atomic mass is 16.7. The first kappa shape index (κ1) is 26.6. The van der Waals surface area contributed by atoms with E-state index in [1.165, 1.54) is 0 Å². The highest BCUT2D eigenvalue weighted by Crippen LogP contribution is 2.30. The van der Waals surface area contributed by atoms with Gasteiger partial charge in [-0.3, -0.25) is 19.2 Å². The topological polar surface area (TPSA) is 132 Å². The molecule has 1 saturated heterocycles. The molecule has 0 aliphatic carbocycles. The van der Waals surface area contributed by atoms with Crippen molar-refractivity contribution in [1.29, 1.82) is 0 Å². The Labute approximate surface area is 205 Å². The van der Waals surface area contributed by atoms with Crippen LogP contribution in [0.3, 0.4) is 0 Å². The SMILES string of the molecule is CC(C)(C)OC(=O)CC1CC(CCNC(=O)CC2NC(=O)c3ccccc3NC2=O)OC(C)(C)O1. The minimum atomic E-state index is -0.980. The second-order valence-electron chi connectivity index (χ2n) is 10.3. The standard InChI is InChI=1S/C25H35N3O7/c1-24(2,3)35-21(30)13-16-12-15(33-25(4,5)34-16)10-11-26-20(29)14-19-23(32)27-18-9-7-6-8-17(18)22(31)28-19/h6-9,15-16,19H,10-14H2,1-5H3,(H,26,29)(H,27,32)(H,28,31). The molecule has 0 radical (unpaired) electrons. The second kappa shape index (κ2) is 10.7. The van der Waals surface area contributed by atoms with Crippen molar-refractivity contribution < 1.29 is 33.4 Å². The molecule has 0 saturated carbocycles. The van der Waals surface area contributed by atoms with Crippen LogP contribution >= 0.6 is 0 Å². The highest BCUT2D eigenvalue weighted by molar-refractivity contribution is 6.10. The first-order valence-electron chi connectivity index (χ1n) is 11.9. The summed E-state index contributed by atoms with van der Waals surface area (Å²) < 4.78 is 17.2. The zero-order chi connectivity index (χ0) is 25.8. The van der Waals surface area contributed by atoms with E-state index in [-0.39, 0.29) is 36.9 Å². The molecular weight excluding hydrogens is 454 g/mol. The summed E-state index contributed by atoms with van der Waals surface area (Å²) in [5.74, 6) is -2.44. The molecule has 2 heterocycles. The molecule has 2 aliphatic heterocycles. The van der Waals surface area contributed by atoms with Gasteiger partial charge in [-0.2, -0.15) is 0 Å². The Kier molecular flexibility index (Phi) is 8.17. The van der Waals surface area contributed by atoms with E-state index in [1.54, 1.807) is 38.1 Å². The smallest absolute Gasteiger partial charge is 0.308 e. The number of benzene rings is 1. The third-order valence-corrected chi connectivity index (χ3v) is 5.47. The molecule has 0 bridgehead atoms. The Morgan fingerprint density at radius 3 is 2.51 bits per heavy atom. The highest BCUT2D eigenvalue weighted by Gasteiger charge is 2.37. The van der Waals surface area contributed by atoms with Gasteiger partial charge in [0.05, 0.1) is 36.3 Å². The number of ether oxygens (including phenoxy) is 3. The maximum absolute atomic E-state index is 12.5. The van der Waals surface area contributed by atoms with Gasteiger partial charge in [0.2, 0.25) is 11.8 Å². The molecule has 192 valence electrons. The summed E-state index contributed by atoms with van der Waals surface area (Å²) in [6, 6.07) is 5.69. The minimum Gasteiger partial charge on any atom is -0.460 e. The Morgan fingerprint density at radius 2 is 1.80 bits per heavy atom. The summed E-state index contributed by atoms with van der Waals surface area (Å²) in [6.45, 7) is 9.31. The van der Waals surface area contributed by atoms with Gasteiger partial charge in [0.15, 0.2) is 5.79 Å². The Balaban J connectivity index is 1.47. The summed E-state index contributed by atoms with van der Waals surface area (Å²) in [4.78, 5) is 49.6. The van der Waals surface area contributed by atoms with E-state index >= 15 is 0 Å². The Morgan fingerprint density at radius 1 is 1.11 bits per heavy atom. The quantitative estimate of drug-likeness (QED) is 0.501. The van der Waals surface area contributed by atoms with Gasteiger partial charge < -0.3 is 30.2 Å². The average molecular weight is 490 g/mol. The zero-order valence-electron chi connectivity index (χ0n) is 20.9. The summed E-state index contributed by atoms with van der Waals surface area (Å²) in [6.07, 6.45) is 0.317. The molecule has 3 rings (SSSR count).